The van der Waals surface area contributed by atoms with Gasteiger partial charge in [0.2, 0.25) is 0 Å². The zero-order chi connectivity index (χ0) is 19.5. The van der Waals surface area contributed by atoms with Crippen LogP contribution in [0.3, 0.4) is 0 Å². The minimum absolute atomic E-state index is 0.801. The van der Waals surface area contributed by atoms with E-state index < -0.39 is 0 Å². The lowest BCUT2D eigenvalue weighted by molar-refractivity contribution is 0.187. The summed E-state index contributed by atoms with van der Waals surface area (Å²) in [7, 11) is 0. The molecule has 1 fully saturated rings. The standard InChI is InChI=1S/C26H45NO/c1(3-5-7-9-13-19-25-20-14-11-15-21-25)2-4-6-8-10-18-24-28-27-26-22-16-12-17-23-26/h12,16-17,22-23,25,27H,1-11,13-15,18-21,24H2. The van der Waals surface area contributed by atoms with E-state index in [2.05, 4.69) is 5.48 Å². The molecule has 1 saturated carbocycles. The van der Waals surface area contributed by atoms with Gasteiger partial charge in [0.25, 0.3) is 0 Å². The third-order valence-corrected chi connectivity index (χ3v) is 6.30. The first-order chi connectivity index (χ1) is 13.9. The Balaban J connectivity index is 1.23. The molecule has 0 radical (unpaired) electrons. The van der Waals surface area contributed by atoms with Crippen molar-refractivity contribution in [2.75, 3.05) is 12.1 Å². The van der Waals surface area contributed by atoms with Gasteiger partial charge in [-0.3, -0.25) is 10.3 Å². The van der Waals surface area contributed by atoms with Gasteiger partial charge in [0, 0.05) is 0 Å². The molecule has 2 rings (SSSR count). The monoisotopic (exact) mass is 387 g/mol. The lowest BCUT2D eigenvalue weighted by Gasteiger charge is -2.21. The molecule has 1 aromatic rings. The zero-order valence-electron chi connectivity index (χ0n) is 18.3. The summed E-state index contributed by atoms with van der Waals surface area (Å²) in [6.45, 7) is 0.801. The molecule has 0 aliphatic heterocycles. The van der Waals surface area contributed by atoms with Crippen molar-refractivity contribution in [2.45, 2.75) is 116 Å². The van der Waals surface area contributed by atoms with E-state index in [1.807, 2.05) is 30.3 Å². The van der Waals surface area contributed by atoms with Crippen molar-refractivity contribution in [2.24, 2.45) is 5.92 Å². The summed E-state index contributed by atoms with van der Waals surface area (Å²) in [5.74, 6) is 1.08. The van der Waals surface area contributed by atoms with Crippen molar-refractivity contribution in [3.63, 3.8) is 0 Å². The van der Waals surface area contributed by atoms with E-state index in [1.54, 1.807) is 0 Å². The minimum atomic E-state index is 0.801. The molecule has 1 N–H and O–H groups in total. The van der Waals surface area contributed by atoms with Gasteiger partial charge < -0.3 is 0 Å². The van der Waals surface area contributed by atoms with Crippen molar-refractivity contribution < 1.29 is 4.84 Å². The van der Waals surface area contributed by atoms with Gasteiger partial charge in [-0.1, -0.05) is 127 Å². The summed E-state index contributed by atoms with van der Waals surface area (Å²) in [6.07, 6.45) is 26.0. The fraction of sp³-hybridized carbons (Fsp3) is 0.769. The molecule has 0 aromatic heterocycles. The van der Waals surface area contributed by atoms with E-state index in [0.717, 1.165) is 24.6 Å². The minimum Gasteiger partial charge on any atom is -0.276 e. The lowest BCUT2D eigenvalue weighted by atomic mass is 9.85. The first-order valence-corrected chi connectivity index (χ1v) is 12.4. The van der Waals surface area contributed by atoms with E-state index in [1.165, 1.54) is 109 Å². The Hall–Kier alpha value is -1.02. The maximum absolute atomic E-state index is 5.50. The predicted molar refractivity (Wildman–Crippen MR) is 123 cm³/mol. The van der Waals surface area contributed by atoms with Crippen LogP contribution in [0.2, 0.25) is 0 Å². The lowest BCUT2D eigenvalue weighted by Crippen LogP contribution is -2.05. The maximum atomic E-state index is 5.50. The molecule has 0 heterocycles. The topological polar surface area (TPSA) is 21.3 Å². The summed E-state index contributed by atoms with van der Waals surface area (Å²) in [6, 6.07) is 10.1. The SMILES string of the molecule is c1ccc(NOCCCCCCCCCCCCCCC2CCCCC2)cc1. The van der Waals surface area contributed by atoms with Crippen molar-refractivity contribution in [1.82, 2.24) is 0 Å². The highest BCUT2D eigenvalue weighted by Crippen LogP contribution is 2.28. The summed E-state index contributed by atoms with van der Waals surface area (Å²) in [5.41, 5.74) is 4.04. The molecular weight excluding hydrogens is 342 g/mol. The van der Waals surface area contributed by atoms with Gasteiger partial charge in [0.1, 0.15) is 0 Å². The number of hydrogen-bond donors (Lipinski definition) is 1. The number of para-hydroxylation sites is 1. The van der Waals surface area contributed by atoms with Gasteiger partial charge in [0.05, 0.1) is 12.3 Å². The second-order valence-electron chi connectivity index (χ2n) is 8.85. The molecule has 0 spiro atoms. The Bertz CT molecular complexity index is 441. The summed E-state index contributed by atoms with van der Waals surface area (Å²) in [4.78, 5) is 5.50. The zero-order valence-corrected chi connectivity index (χ0v) is 18.3. The smallest absolute Gasteiger partial charge is 0.0746 e. The second-order valence-corrected chi connectivity index (χ2v) is 8.85. The number of nitrogens with one attached hydrogen (secondary N) is 1. The number of hydrogen-bond acceptors (Lipinski definition) is 2. The molecule has 1 aliphatic carbocycles. The first kappa shape index (κ1) is 23.3. The van der Waals surface area contributed by atoms with Crippen molar-refractivity contribution in [3.8, 4) is 0 Å². The quantitative estimate of drug-likeness (QED) is 0.213. The van der Waals surface area contributed by atoms with Crippen molar-refractivity contribution in [1.29, 1.82) is 0 Å². The molecule has 0 amide bonds. The van der Waals surface area contributed by atoms with Crippen LogP contribution in [0.25, 0.3) is 0 Å². The molecule has 160 valence electrons. The molecule has 2 nitrogen and oxygen atoms in total. The van der Waals surface area contributed by atoms with Gasteiger partial charge >= 0.3 is 0 Å². The van der Waals surface area contributed by atoms with Gasteiger partial charge in [-0.05, 0) is 24.5 Å². The van der Waals surface area contributed by atoms with E-state index in [9.17, 15) is 0 Å². The van der Waals surface area contributed by atoms with E-state index >= 15 is 0 Å². The summed E-state index contributed by atoms with van der Waals surface area (Å²) >= 11 is 0. The van der Waals surface area contributed by atoms with E-state index in [-0.39, 0.29) is 0 Å². The number of unbranched alkanes of at least 4 members (excludes halogenated alkanes) is 11. The van der Waals surface area contributed by atoms with Crippen molar-refractivity contribution in [3.05, 3.63) is 30.3 Å². The van der Waals surface area contributed by atoms with Gasteiger partial charge in [-0.2, -0.15) is 0 Å². The Morgan fingerprint density at radius 3 is 1.79 bits per heavy atom. The molecule has 0 saturated heterocycles. The Labute approximate surface area is 174 Å². The average molecular weight is 388 g/mol. The van der Waals surface area contributed by atoms with Crippen LogP contribution in [0.4, 0.5) is 5.69 Å². The molecular formula is C26H45NO. The average Bonchev–Trinajstić information content (AvgIpc) is 2.75. The number of rotatable bonds is 17. The van der Waals surface area contributed by atoms with Gasteiger partial charge in [-0.25, -0.2) is 0 Å². The van der Waals surface area contributed by atoms with E-state index in [4.69, 9.17) is 4.84 Å². The molecule has 0 atom stereocenters. The van der Waals surface area contributed by atoms with Crippen LogP contribution in [0, 0.1) is 5.92 Å². The third kappa shape index (κ3) is 12.4. The highest BCUT2D eigenvalue weighted by molar-refractivity contribution is 5.39. The third-order valence-electron chi connectivity index (χ3n) is 6.30. The van der Waals surface area contributed by atoms with Crippen LogP contribution in [-0.2, 0) is 4.84 Å². The molecule has 1 aromatic carbocycles. The van der Waals surface area contributed by atoms with Crippen LogP contribution in [0.5, 0.6) is 0 Å². The van der Waals surface area contributed by atoms with Crippen LogP contribution in [0.1, 0.15) is 116 Å². The number of anilines is 1. The predicted octanol–water partition coefficient (Wildman–Crippen LogP) is 8.68. The molecule has 28 heavy (non-hydrogen) atoms. The summed E-state index contributed by atoms with van der Waals surface area (Å²) in [5, 5.41) is 0. The highest BCUT2D eigenvalue weighted by Gasteiger charge is 2.12. The number of benzene rings is 1. The van der Waals surface area contributed by atoms with Crippen LogP contribution >= 0.6 is 0 Å². The molecule has 0 unspecified atom stereocenters. The molecule has 0 bridgehead atoms. The Kier molecular flexibility index (Phi) is 14.0. The van der Waals surface area contributed by atoms with Crippen LogP contribution < -0.4 is 5.48 Å². The van der Waals surface area contributed by atoms with Crippen LogP contribution in [-0.4, -0.2) is 6.61 Å². The van der Waals surface area contributed by atoms with Crippen LogP contribution in [0.15, 0.2) is 30.3 Å². The molecule has 1 aliphatic rings. The summed E-state index contributed by atoms with van der Waals surface area (Å²) < 4.78 is 0. The fourth-order valence-corrected chi connectivity index (χ4v) is 4.49. The normalized spacial score (nSPS) is 15.0. The second kappa shape index (κ2) is 16.9. The largest absolute Gasteiger partial charge is 0.276 e. The Morgan fingerprint density at radius 2 is 1.18 bits per heavy atom. The van der Waals surface area contributed by atoms with E-state index in [0.29, 0.717) is 0 Å². The van der Waals surface area contributed by atoms with Crippen molar-refractivity contribution >= 4 is 5.69 Å². The molecule has 2 heteroatoms. The maximum Gasteiger partial charge on any atom is 0.0746 e. The Morgan fingerprint density at radius 1 is 0.643 bits per heavy atom. The van der Waals surface area contributed by atoms with Gasteiger partial charge in [0.15, 0.2) is 0 Å². The fourth-order valence-electron chi connectivity index (χ4n) is 4.49. The first-order valence-electron chi connectivity index (χ1n) is 12.4. The highest BCUT2D eigenvalue weighted by atomic mass is 16.6. The van der Waals surface area contributed by atoms with Gasteiger partial charge in [-0.15, -0.1) is 0 Å².